The molecule has 0 aromatic heterocycles. The van der Waals surface area contributed by atoms with Gasteiger partial charge in [-0.2, -0.15) is 22.0 Å². The largest absolute Gasteiger partial charge is 0.457 e. The van der Waals surface area contributed by atoms with Crippen LogP contribution >= 0.6 is 0 Å². The van der Waals surface area contributed by atoms with Gasteiger partial charge in [0.25, 0.3) is 0 Å². The minimum atomic E-state index is -6.05. The SMILES string of the molecule is CN(C)c1cccc(C(O)(c2cccc(F)c2)C(F)(F)C(F)(F)F)c1. The number of alkyl halides is 5. The lowest BCUT2D eigenvalue weighted by Crippen LogP contribution is -2.55. The molecule has 0 radical (unpaired) electrons. The van der Waals surface area contributed by atoms with Gasteiger partial charge in [-0.15, -0.1) is 0 Å². The summed E-state index contributed by atoms with van der Waals surface area (Å²) in [6.45, 7) is 0. The number of halogens is 6. The zero-order valence-electron chi connectivity index (χ0n) is 13.3. The van der Waals surface area contributed by atoms with Gasteiger partial charge in [0.15, 0.2) is 5.60 Å². The summed E-state index contributed by atoms with van der Waals surface area (Å²) in [6, 6.07) is 7.78. The average molecular weight is 363 g/mol. The molecule has 0 fully saturated rings. The molecule has 136 valence electrons. The second-order valence-corrected chi connectivity index (χ2v) is 5.74. The van der Waals surface area contributed by atoms with Crippen molar-refractivity contribution in [1.82, 2.24) is 0 Å². The first-order valence-corrected chi connectivity index (χ1v) is 7.12. The fraction of sp³-hybridized carbons (Fsp3) is 0.294. The minimum Gasteiger partial charge on any atom is -0.378 e. The maximum absolute atomic E-state index is 14.3. The Hall–Kier alpha value is -2.22. The Bertz CT molecular complexity index is 759. The van der Waals surface area contributed by atoms with E-state index in [1.165, 1.54) is 17.0 Å². The van der Waals surface area contributed by atoms with Crippen molar-refractivity contribution in [2.45, 2.75) is 17.7 Å². The van der Waals surface area contributed by atoms with Gasteiger partial charge in [-0.3, -0.25) is 0 Å². The first kappa shape index (κ1) is 19.1. The minimum absolute atomic E-state index is 0.297. The predicted octanol–water partition coefficient (Wildman–Crippen LogP) is 4.33. The number of hydrogen-bond donors (Lipinski definition) is 1. The molecule has 0 bridgehead atoms. The van der Waals surface area contributed by atoms with E-state index in [9.17, 15) is 31.4 Å². The molecule has 0 aliphatic rings. The Morgan fingerprint density at radius 2 is 1.36 bits per heavy atom. The van der Waals surface area contributed by atoms with Gasteiger partial charge in [-0.1, -0.05) is 24.3 Å². The molecule has 25 heavy (non-hydrogen) atoms. The van der Waals surface area contributed by atoms with Crippen LogP contribution in [0, 0.1) is 5.82 Å². The molecular formula is C17H15F6NO. The summed E-state index contributed by atoms with van der Waals surface area (Å²) in [5, 5.41) is 10.6. The lowest BCUT2D eigenvalue weighted by Gasteiger charge is -2.38. The van der Waals surface area contributed by atoms with Crippen molar-refractivity contribution in [2.24, 2.45) is 0 Å². The lowest BCUT2D eigenvalue weighted by atomic mass is 9.80. The predicted molar refractivity (Wildman–Crippen MR) is 81.2 cm³/mol. The number of nitrogens with zero attached hydrogens (tertiary/aromatic N) is 1. The summed E-state index contributed by atoms with van der Waals surface area (Å²) >= 11 is 0. The summed E-state index contributed by atoms with van der Waals surface area (Å²) in [5.41, 5.74) is -5.10. The van der Waals surface area contributed by atoms with Crippen LogP contribution in [0.25, 0.3) is 0 Å². The number of aliphatic hydroxyl groups is 1. The third kappa shape index (κ3) is 3.18. The van der Waals surface area contributed by atoms with E-state index in [1.54, 1.807) is 14.1 Å². The van der Waals surface area contributed by atoms with Crippen LogP contribution in [0.2, 0.25) is 0 Å². The summed E-state index contributed by atoms with van der Waals surface area (Å²) in [4.78, 5) is 1.47. The molecule has 1 N–H and O–H groups in total. The van der Waals surface area contributed by atoms with Crippen LogP contribution in [-0.2, 0) is 5.60 Å². The van der Waals surface area contributed by atoms with E-state index < -0.39 is 34.6 Å². The van der Waals surface area contributed by atoms with Gasteiger partial charge < -0.3 is 10.0 Å². The van der Waals surface area contributed by atoms with Crippen molar-refractivity contribution in [3.63, 3.8) is 0 Å². The van der Waals surface area contributed by atoms with E-state index in [0.29, 0.717) is 11.8 Å². The summed E-state index contributed by atoms with van der Waals surface area (Å²) < 4.78 is 81.2. The van der Waals surface area contributed by atoms with Crippen LogP contribution in [0.15, 0.2) is 48.5 Å². The Morgan fingerprint density at radius 1 is 0.840 bits per heavy atom. The Labute approximate surface area is 140 Å². The van der Waals surface area contributed by atoms with Crippen molar-refractivity contribution in [2.75, 3.05) is 19.0 Å². The van der Waals surface area contributed by atoms with Crippen molar-refractivity contribution >= 4 is 5.69 Å². The second kappa shape index (κ2) is 6.25. The Kier molecular flexibility index (Phi) is 4.78. The number of benzene rings is 2. The fourth-order valence-electron chi connectivity index (χ4n) is 2.46. The van der Waals surface area contributed by atoms with Crippen LogP contribution < -0.4 is 4.90 Å². The topological polar surface area (TPSA) is 23.5 Å². The number of rotatable bonds is 4. The zero-order valence-corrected chi connectivity index (χ0v) is 13.3. The highest BCUT2D eigenvalue weighted by Crippen LogP contribution is 2.52. The molecule has 1 atom stereocenters. The van der Waals surface area contributed by atoms with E-state index in [2.05, 4.69) is 0 Å². The fourth-order valence-corrected chi connectivity index (χ4v) is 2.46. The highest BCUT2D eigenvalue weighted by atomic mass is 19.4. The summed E-state index contributed by atoms with van der Waals surface area (Å²) in [7, 11) is 3.12. The van der Waals surface area contributed by atoms with Crippen LogP contribution in [-0.4, -0.2) is 31.3 Å². The third-order valence-corrected chi connectivity index (χ3v) is 3.83. The first-order chi connectivity index (χ1) is 11.4. The van der Waals surface area contributed by atoms with Crippen LogP contribution in [0.5, 0.6) is 0 Å². The highest BCUT2D eigenvalue weighted by Gasteiger charge is 2.71. The molecule has 0 heterocycles. The Morgan fingerprint density at radius 3 is 1.84 bits per heavy atom. The molecule has 0 amide bonds. The molecule has 1 unspecified atom stereocenters. The average Bonchev–Trinajstić information content (AvgIpc) is 2.53. The molecular weight excluding hydrogens is 348 g/mol. The van der Waals surface area contributed by atoms with Gasteiger partial charge in [0, 0.05) is 19.8 Å². The molecule has 2 aromatic rings. The van der Waals surface area contributed by atoms with Gasteiger partial charge in [0.05, 0.1) is 0 Å². The molecule has 2 rings (SSSR count). The normalized spacial score (nSPS) is 14.9. The van der Waals surface area contributed by atoms with Crippen molar-refractivity contribution in [3.8, 4) is 0 Å². The van der Waals surface area contributed by atoms with Crippen molar-refractivity contribution in [1.29, 1.82) is 0 Å². The summed E-state index contributed by atoms with van der Waals surface area (Å²) in [6.07, 6.45) is -6.05. The highest BCUT2D eigenvalue weighted by molar-refractivity contribution is 5.51. The smallest absolute Gasteiger partial charge is 0.378 e. The van der Waals surface area contributed by atoms with E-state index in [-0.39, 0.29) is 0 Å². The molecule has 2 aromatic carbocycles. The lowest BCUT2D eigenvalue weighted by molar-refractivity contribution is -0.336. The number of anilines is 1. The second-order valence-electron chi connectivity index (χ2n) is 5.74. The molecule has 0 saturated carbocycles. The van der Waals surface area contributed by atoms with Gasteiger partial charge in [-0.25, -0.2) is 4.39 Å². The Balaban J connectivity index is 2.80. The van der Waals surface area contributed by atoms with Gasteiger partial charge >= 0.3 is 12.1 Å². The quantitative estimate of drug-likeness (QED) is 0.818. The molecule has 0 aliphatic carbocycles. The van der Waals surface area contributed by atoms with Gasteiger partial charge in [0.2, 0.25) is 0 Å². The first-order valence-electron chi connectivity index (χ1n) is 7.12. The maximum Gasteiger partial charge on any atom is 0.457 e. The van der Waals surface area contributed by atoms with Gasteiger partial charge in [0.1, 0.15) is 5.82 Å². The third-order valence-electron chi connectivity index (χ3n) is 3.83. The molecule has 0 spiro atoms. The zero-order chi connectivity index (χ0) is 19.0. The molecule has 2 nitrogen and oxygen atoms in total. The van der Waals surface area contributed by atoms with Crippen LogP contribution in [0.1, 0.15) is 11.1 Å². The van der Waals surface area contributed by atoms with Crippen LogP contribution in [0.4, 0.5) is 32.0 Å². The summed E-state index contributed by atoms with van der Waals surface area (Å²) in [5.74, 6) is -6.60. The van der Waals surface area contributed by atoms with Gasteiger partial charge in [-0.05, 0) is 35.4 Å². The molecule has 0 aliphatic heterocycles. The van der Waals surface area contributed by atoms with E-state index in [0.717, 1.165) is 30.3 Å². The van der Waals surface area contributed by atoms with E-state index in [1.807, 2.05) is 0 Å². The molecule has 0 saturated heterocycles. The molecule has 8 heteroatoms. The van der Waals surface area contributed by atoms with Crippen molar-refractivity contribution < 1.29 is 31.4 Å². The van der Waals surface area contributed by atoms with Crippen LogP contribution in [0.3, 0.4) is 0 Å². The van der Waals surface area contributed by atoms with Crippen molar-refractivity contribution in [3.05, 3.63) is 65.5 Å². The monoisotopic (exact) mass is 363 g/mol. The maximum atomic E-state index is 14.3. The number of hydrogen-bond acceptors (Lipinski definition) is 2. The van der Waals surface area contributed by atoms with E-state index in [4.69, 9.17) is 0 Å². The van der Waals surface area contributed by atoms with E-state index >= 15 is 0 Å². The standard InChI is InChI=1S/C17H15F6NO/c1-24(2)14-8-4-6-12(10-14)15(25,16(19,20)17(21,22)23)11-5-3-7-13(18)9-11/h3-10,25H,1-2H3.